The zero-order chi connectivity index (χ0) is 21.8. The largest absolute Gasteiger partial charge is 0.367 e. The number of nitro groups is 1. The molecule has 1 N–H and O–H groups in total. The average Bonchev–Trinajstić information content (AvgIpc) is 2.73. The molecule has 1 saturated heterocycles. The Morgan fingerprint density at radius 1 is 1.10 bits per heavy atom. The van der Waals surface area contributed by atoms with Crippen molar-refractivity contribution in [2.45, 2.75) is 13.8 Å². The first-order chi connectivity index (χ1) is 14.3. The molecule has 1 aliphatic rings. The normalized spacial score (nSPS) is 14.0. The second-order valence-corrected chi connectivity index (χ2v) is 7.77. The summed E-state index contributed by atoms with van der Waals surface area (Å²) in [7, 11) is 0. The smallest absolute Gasteiger partial charge is 0.282 e. The maximum absolute atomic E-state index is 12.5. The molecule has 8 nitrogen and oxygen atoms in total. The number of anilines is 2. The molecule has 1 fully saturated rings. The van der Waals surface area contributed by atoms with Crippen LogP contribution in [0.4, 0.5) is 17.1 Å². The lowest BCUT2D eigenvalue weighted by Crippen LogP contribution is -2.50. The Morgan fingerprint density at radius 2 is 1.77 bits per heavy atom. The molecule has 1 heterocycles. The van der Waals surface area contributed by atoms with Gasteiger partial charge in [0.05, 0.1) is 15.6 Å². The second kappa shape index (κ2) is 9.13. The molecule has 1 aliphatic heterocycles. The number of carbonyl (C=O) groups excluding carboxylic acids is 2. The predicted molar refractivity (Wildman–Crippen MR) is 116 cm³/mol. The van der Waals surface area contributed by atoms with Crippen LogP contribution < -0.4 is 10.2 Å². The van der Waals surface area contributed by atoms with Crippen LogP contribution in [0.3, 0.4) is 0 Å². The van der Waals surface area contributed by atoms with Crippen molar-refractivity contribution in [2.75, 3.05) is 36.4 Å². The first kappa shape index (κ1) is 21.6. The van der Waals surface area contributed by atoms with E-state index in [-0.39, 0.29) is 23.1 Å². The summed E-state index contributed by atoms with van der Waals surface area (Å²) in [5.74, 6) is -0.454. The Labute approximate surface area is 179 Å². The fourth-order valence-corrected chi connectivity index (χ4v) is 3.70. The number of carbonyl (C=O) groups is 2. The molecular formula is C21H23ClN4O4. The number of hydrogen-bond donors (Lipinski definition) is 1. The van der Waals surface area contributed by atoms with Gasteiger partial charge in [0.1, 0.15) is 5.56 Å². The molecule has 0 aliphatic carbocycles. The molecule has 0 bridgehead atoms. The number of benzene rings is 2. The maximum Gasteiger partial charge on any atom is 0.282 e. The molecule has 2 aromatic rings. The molecule has 0 aromatic heterocycles. The van der Waals surface area contributed by atoms with E-state index in [1.54, 1.807) is 24.3 Å². The average molecular weight is 431 g/mol. The zero-order valence-corrected chi connectivity index (χ0v) is 17.6. The fourth-order valence-electron chi connectivity index (χ4n) is 3.40. The van der Waals surface area contributed by atoms with Crippen LogP contribution in [0.1, 0.15) is 24.2 Å². The van der Waals surface area contributed by atoms with Gasteiger partial charge < -0.3 is 15.1 Å². The van der Waals surface area contributed by atoms with Gasteiger partial charge in [-0.25, -0.2) is 0 Å². The van der Waals surface area contributed by atoms with Crippen LogP contribution in [0, 0.1) is 16.0 Å². The molecule has 2 aromatic carbocycles. The van der Waals surface area contributed by atoms with Crippen molar-refractivity contribution in [1.29, 1.82) is 0 Å². The van der Waals surface area contributed by atoms with E-state index in [1.165, 1.54) is 18.2 Å². The van der Waals surface area contributed by atoms with Gasteiger partial charge in [-0.05, 0) is 24.3 Å². The molecular weight excluding hydrogens is 408 g/mol. The van der Waals surface area contributed by atoms with E-state index in [0.29, 0.717) is 36.9 Å². The minimum Gasteiger partial charge on any atom is -0.367 e. The Hall–Kier alpha value is -3.13. The summed E-state index contributed by atoms with van der Waals surface area (Å²) in [5.41, 5.74) is 0.984. The summed E-state index contributed by atoms with van der Waals surface area (Å²) in [6.45, 7) is 6.37. The molecule has 0 unspecified atom stereocenters. The van der Waals surface area contributed by atoms with E-state index in [0.717, 1.165) is 5.69 Å². The fraction of sp³-hybridized carbons (Fsp3) is 0.333. The summed E-state index contributed by atoms with van der Waals surface area (Å²) in [4.78, 5) is 39.1. The zero-order valence-electron chi connectivity index (χ0n) is 16.8. The van der Waals surface area contributed by atoms with Gasteiger partial charge in [-0.3, -0.25) is 19.7 Å². The number of rotatable bonds is 5. The van der Waals surface area contributed by atoms with Crippen LogP contribution in [-0.2, 0) is 4.79 Å². The van der Waals surface area contributed by atoms with Gasteiger partial charge in [-0.2, -0.15) is 0 Å². The monoisotopic (exact) mass is 430 g/mol. The lowest BCUT2D eigenvalue weighted by Gasteiger charge is -2.37. The summed E-state index contributed by atoms with van der Waals surface area (Å²) in [6.07, 6.45) is 0. The lowest BCUT2D eigenvalue weighted by molar-refractivity contribution is -0.385. The third-order valence-corrected chi connectivity index (χ3v) is 5.28. The highest BCUT2D eigenvalue weighted by Crippen LogP contribution is 2.30. The van der Waals surface area contributed by atoms with E-state index < -0.39 is 10.8 Å². The first-order valence-corrected chi connectivity index (χ1v) is 10.0. The van der Waals surface area contributed by atoms with Crippen molar-refractivity contribution in [3.8, 4) is 0 Å². The van der Waals surface area contributed by atoms with Gasteiger partial charge in [-0.1, -0.05) is 37.6 Å². The number of nitro benzene ring substituents is 1. The van der Waals surface area contributed by atoms with E-state index in [9.17, 15) is 19.7 Å². The van der Waals surface area contributed by atoms with Crippen LogP contribution >= 0.6 is 11.6 Å². The summed E-state index contributed by atoms with van der Waals surface area (Å²) in [6, 6.07) is 10.9. The van der Waals surface area contributed by atoms with Crippen LogP contribution in [0.5, 0.6) is 0 Å². The van der Waals surface area contributed by atoms with Gasteiger partial charge in [0.2, 0.25) is 5.91 Å². The number of nitrogens with zero attached hydrogens (tertiary/aromatic N) is 3. The number of para-hydroxylation sites is 1. The molecule has 2 amide bonds. The summed E-state index contributed by atoms with van der Waals surface area (Å²) in [5, 5.41) is 14.2. The Balaban J connectivity index is 1.69. The molecule has 0 radical (unpaired) electrons. The minimum absolute atomic E-state index is 0.0198. The molecule has 0 spiro atoms. The Bertz CT molecular complexity index is 971. The predicted octanol–water partition coefficient (Wildman–Crippen LogP) is 3.81. The first-order valence-electron chi connectivity index (χ1n) is 9.66. The van der Waals surface area contributed by atoms with Crippen LogP contribution in [0.2, 0.25) is 5.02 Å². The maximum atomic E-state index is 12.5. The van der Waals surface area contributed by atoms with Gasteiger partial charge >= 0.3 is 0 Å². The molecule has 3 rings (SSSR count). The topological polar surface area (TPSA) is 95.8 Å². The van der Waals surface area contributed by atoms with Gasteiger partial charge in [-0.15, -0.1) is 0 Å². The highest BCUT2D eigenvalue weighted by molar-refractivity contribution is 6.33. The number of nitrogens with one attached hydrogen (secondary N) is 1. The molecule has 30 heavy (non-hydrogen) atoms. The van der Waals surface area contributed by atoms with Gasteiger partial charge in [0, 0.05) is 43.9 Å². The van der Waals surface area contributed by atoms with Crippen molar-refractivity contribution >= 4 is 40.5 Å². The molecule has 0 saturated carbocycles. The Kier molecular flexibility index (Phi) is 6.56. The van der Waals surface area contributed by atoms with Crippen molar-refractivity contribution in [3.63, 3.8) is 0 Å². The van der Waals surface area contributed by atoms with Crippen molar-refractivity contribution < 1.29 is 14.5 Å². The number of piperazine rings is 1. The third kappa shape index (κ3) is 4.71. The SMILES string of the molecule is CC(C)C(=O)N1CCN(c2ccc(NC(=O)c3ccccc3[N+](=O)[O-])cc2Cl)CC1. The van der Waals surface area contributed by atoms with E-state index in [1.807, 2.05) is 18.7 Å². The van der Waals surface area contributed by atoms with Gasteiger partial charge in [0.25, 0.3) is 11.6 Å². The van der Waals surface area contributed by atoms with Crippen molar-refractivity contribution in [2.24, 2.45) is 5.92 Å². The minimum atomic E-state index is -0.589. The third-order valence-electron chi connectivity index (χ3n) is 4.98. The van der Waals surface area contributed by atoms with Crippen LogP contribution in [0.15, 0.2) is 42.5 Å². The lowest BCUT2D eigenvalue weighted by atomic mass is 10.1. The number of hydrogen-bond acceptors (Lipinski definition) is 5. The molecule has 158 valence electrons. The van der Waals surface area contributed by atoms with Crippen LogP contribution in [0.25, 0.3) is 0 Å². The van der Waals surface area contributed by atoms with E-state index in [2.05, 4.69) is 10.2 Å². The Morgan fingerprint density at radius 3 is 2.37 bits per heavy atom. The highest BCUT2D eigenvalue weighted by atomic mass is 35.5. The quantitative estimate of drug-likeness (QED) is 0.574. The number of amides is 2. The van der Waals surface area contributed by atoms with Gasteiger partial charge in [0.15, 0.2) is 0 Å². The molecule has 0 atom stereocenters. The second-order valence-electron chi connectivity index (χ2n) is 7.36. The van der Waals surface area contributed by atoms with E-state index in [4.69, 9.17) is 11.6 Å². The van der Waals surface area contributed by atoms with Crippen molar-refractivity contribution in [1.82, 2.24) is 4.90 Å². The summed E-state index contributed by atoms with van der Waals surface area (Å²) < 4.78 is 0. The van der Waals surface area contributed by atoms with E-state index >= 15 is 0 Å². The van der Waals surface area contributed by atoms with Crippen molar-refractivity contribution in [3.05, 3.63) is 63.2 Å². The standard InChI is InChI=1S/C21H23ClN4O4/c1-14(2)21(28)25-11-9-24(10-12-25)19-8-7-15(13-17(19)22)23-20(27)16-5-3-4-6-18(16)26(29)30/h3-8,13-14H,9-12H2,1-2H3,(H,23,27). The van der Waals surface area contributed by atoms with Crippen LogP contribution in [-0.4, -0.2) is 47.8 Å². The molecule has 9 heteroatoms. The number of halogens is 1. The highest BCUT2D eigenvalue weighted by Gasteiger charge is 2.24. The summed E-state index contributed by atoms with van der Waals surface area (Å²) >= 11 is 6.44.